The summed E-state index contributed by atoms with van der Waals surface area (Å²) in [4.78, 5) is 0. The Morgan fingerprint density at radius 2 is 0.339 bits per heavy atom. The Hall–Kier alpha value is -7.46. The van der Waals surface area contributed by atoms with Gasteiger partial charge in [0.15, 0.2) is 0 Å². The summed E-state index contributed by atoms with van der Waals surface area (Å²) in [6, 6.07) is 19.1. The predicted octanol–water partition coefficient (Wildman–Crippen LogP) is 11.7. The lowest BCUT2D eigenvalue weighted by molar-refractivity contribution is 0.401. The van der Waals surface area contributed by atoms with E-state index in [0.717, 1.165) is 55.6 Å². The van der Waals surface area contributed by atoms with Crippen LogP contribution in [0, 0.1) is 0 Å². The molecular formula is C52H54O10. The van der Waals surface area contributed by atoms with Gasteiger partial charge in [0.25, 0.3) is 0 Å². The largest absolute Gasteiger partial charge is 0.496 e. The minimum Gasteiger partial charge on any atom is -0.496 e. The molecule has 0 spiro atoms. The molecule has 0 unspecified atom stereocenters. The molecule has 62 heavy (non-hydrogen) atoms. The second kappa shape index (κ2) is 21.7. The van der Waals surface area contributed by atoms with Gasteiger partial charge in [0.1, 0.15) is 57.5 Å². The van der Waals surface area contributed by atoms with E-state index >= 15 is 0 Å². The van der Waals surface area contributed by atoms with Gasteiger partial charge in [-0.15, -0.1) is 0 Å². The molecule has 0 aliphatic carbocycles. The van der Waals surface area contributed by atoms with Crippen molar-refractivity contribution in [2.75, 3.05) is 71.1 Å². The molecule has 0 amide bonds. The third-order valence-electron chi connectivity index (χ3n) is 10.1. The molecule has 5 rings (SSSR count). The fourth-order valence-corrected chi connectivity index (χ4v) is 6.80. The third-order valence-corrected chi connectivity index (χ3v) is 10.1. The molecule has 0 atom stereocenters. The van der Waals surface area contributed by atoms with Crippen LogP contribution < -0.4 is 47.4 Å². The topological polar surface area (TPSA) is 92.3 Å². The van der Waals surface area contributed by atoms with Gasteiger partial charge in [0, 0.05) is 55.6 Å². The number of rotatable bonds is 20. The summed E-state index contributed by atoms with van der Waals surface area (Å²) >= 11 is 0. The van der Waals surface area contributed by atoms with Crippen LogP contribution in [0.2, 0.25) is 0 Å². The van der Waals surface area contributed by atoms with Crippen molar-refractivity contribution in [3.8, 4) is 57.5 Å². The zero-order valence-corrected chi connectivity index (χ0v) is 37.0. The van der Waals surface area contributed by atoms with E-state index in [1.54, 1.807) is 83.3 Å². The van der Waals surface area contributed by atoms with E-state index in [-0.39, 0.29) is 0 Å². The van der Waals surface area contributed by atoms with E-state index < -0.39 is 0 Å². The quantitative estimate of drug-likeness (QED) is 0.0706. The lowest BCUT2D eigenvalue weighted by Crippen LogP contribution is -1.95. The first kappa shape index (κ1) is 45.6. The zero-order valence-electron chi connectivity index (χ0n) is 37.0. The van der Waals surface area contributed by atoms with Gasteiger partial charge in [-0.3, -0.25) is 0 Å². The first-order chi connectivity index (χ1) is 30.1. The molecular weight excluding hydrogens is 785 g/mol. The predicted molar refractivity (Wildman–Crippen MR) is 254 cm³/mol. The lowest BCUT2D eigenvalue weighted by Gasteiger charge is -2.14. The van der Waals surface area contributed by atoms with Crippen LogP contribution in [0.25, 0.3) is 60.8 Å². The van der Waals surface area contributed by atoms with E-state index in [4.69, 9.17) is 47.4 Å². The fraction of sp³-hybridized carbons (Fsp3) is 0.192. The van der Waals surface area contributed by atoms with Crippen LogP contribution in [-0.4, -0.2) is 71.1 Å². The van der Waals surface area contributed by atoms with Gasteiger partial charge in [0.2, 0.25) is 0 Å². The molecule has 0 bridgehead atoms. The van der Waals surface area contributed by atoms with E-state index in [0.29, 0.717) is 57.5 Å². The highest BCUT2D eigenvalue weighted by Gasteiger charge is 2.15. The summed E-state index contributed by atoms with van der Waals surface area (Å²) in [6.45, 7) is 7.75. The summed E-state index contributed by atoms with van der Waals surface area (Å²) in [6.07, 6.45) is 19.0. The summed E-state index contributed by atoms with van der Waals surface area (Å²) in [7, 11) is 16.3. The van der Waals surface area contributed by atoms with Gasteiger partial charge >= 0.3 is 0 Å². The highest BCUT2D eigenvalue weighted by Crippen LogP contribution is 2.38. The standard InChI is InChI=1S/C52H54O10/c1-13-33-23-45(55-5)35(25-43(33)53-3)15-17-37-27-49(59-9)39(29-47(37)57-7)19-21-41-31-52(62-12)42(32-51(41)61-11)22-20-40-30-48(58-8)38(28-50(40)60-10)18-16-36-26-44(54-4)34(14-2)24-46(36)56-6/h13-32H,1-2H2,3-12H3/b17-15+,18-16+,21-19+,22-20+. The maximum Gasteiger partial charge on any atom is 0.126 e. The molecule has 0 heterocycles. The maximum absolute atomic E-state index is 5.87. The molecule has 0 saturated carbocycles. The molecule has 0 radical (unpaired) electrons. The van der Waals surface area contributed by atoms with Crippen molar-refractivity contribution in [3.05, 3.63) is 129 Å². The number of methoxy groups -OCH3 is 10. The van der Waals surface area contributed by atoms with Crippen molar-refractivity contribution in [1.29, 1.82) is 0 Å². The van der Waals surface area contributed by atoms with E-state index in [2.05, 4.69) is 13.2 Å². The summed E-state index contributed by atoms with van der Waals surface area (Å²) < 4.78 is 57.5. The molecule has 10 heteroatoms. The Kier molecular flexibility index (Phi) is 16.0. The molecule has 0 aliphatic rings. The monoisotopic (exact) mass is 838 g/mol. The molecule has 5 aromatic rings. The first-order valence-electron chi connectivity index (χ1n) is 19.4. The molecule has 0 aromatic heterocycles. The number of hydrogen-bond donors (Lipinski definition) is 0. The van der Waals surface area contributed by atoms with E-state index in [1.807, 2.05) is 109 Å². The Labute approximate surface area is 365 Å². The maximum atomic E-state index is 5.87. The minimum absolute atomic E-state index is 0.636. The Morgan fingerprint density at radius 3 is 0.452 bits per heavy atom. The molecule has 322 valence electrons. The van der Waals surface area contributed by atoms with Crippen LogP contribution in [-0.2, 0) is 0 Å². The second-order valence-corrected chi connectivity index (χ2v) is 13.4. The van der Waals surface area contributed by atoms with Crippen LogP contribution in [0.4, 0.5) is 0 Å². The zero-order chi connectivity index (χ0) is 44.8. The summed E-state index contributed by atoms with van der Waals surface area (Å²) in [5.74, 6) is 6.60. The van der Waals surface area contributed by atoms with Gasteiger partial charge in [-0.25, -0.2) is 0 Å². The van der Waals surface area contributed by atoms with Gasteiger partial charge in [-0.05, 0) is 60.7 Å². The highest BCUT2D eigenvalue weighted by atomic mass is 16.5. The smallest absolute Gasteiger partial charge is 0.126 e. The highest BCUT2D eigenvalue weighted by molar-refractivity contribution is 5.85. The van der Waals surface area contributed by atoms with Crippen LogP contribution in [0.1, 0.15) is 55.6 Å². The van der Waals surface area contributed by atoms with Crippen molar-refractivity contribution in [2.45, 2.75) is 0 Å². The van der Waals surface area contributed by atoms with Crippen LogP contribution in [0.5, 0.6) is 57.5 Å². The first-order valence-corrected chi connectivity index (χ1v) is 19.4. The average molecular weight is 839 g/mol. The third kappa shape index (κ3) is 10.3. The fourth-order valence-electron chi connectivity index (χ4n) is 6.80. The minimum atomic E-state index is 0.636. The van der Waals surface area contributed by atoms with Gasteiger partial charge < -0.3 is 47.4 Å². The molecule has 5 aromatic carbocycles. The Morgan fingerprint density at radius 1 is 0.226 bits per heavy atom. The average Bonchev–Trinajstić information content (AvgIpc) is 3.32. The Bertz CT molecular complexity index is 2350. The number of hydrogen-bond acceptors (Lipinski definition) is 10. The molecule has 0 N–H and O–H groups in total. The molecule has 0 aliphatic heterocycles. The SMILES string of the molecule is C=Cc1cc(OC)c(/C=C/c2cc(OC)c(/C=C/c3cc(OC)c(/C=C/c4cc(OC)c(/C=C/c5cc(OC)c(C=C)cc5OC)cc4OC)cc3OC)cc2OC)cc1OC. The normalized spacial score (nSPS) is 11.3. The van der Waals surface area contributed by atoms with E-state index in [9.17, 15) is 0 Å². The summed E-state index contributed by atoms with van der Waals surface area (Å²) in [5, 5.41) is 0. The van der Waals surface area contributed by atoms with Gasteiger partial charge in [-0.2, -0.15) is 0 Å². The lowest BCUT2D eigenvalue weighted by atomic mass is 10.0. The van der Waals surface area contributed by atoms with Crippen molar-refractivity contribution < 1.29 is 47.4 Å². The van der Waals surface area contributed by atoms with E-state index in [1.165, 1.54) is 0 Å². The van der Waals surface area contributed by atoms with Crippen molar-refractivity contribution in [2.24, 2.45) is 0 Å². The summed E-state index contributed by atoms with van der Waals surface area (Å²) in [5.41, 5.74) is 8.12. The number of ether oxygens (including phenoxy) is 10. The van der Waals surface area contributed by atoms with Gasteiger partial charge in [0.05, 0.1) is 71.1 Å². The van der Waals surface area contributed by atoms with Crippen molar-refractivity contribution >= 4 is 60.8 Å². The molecule has 10 nitrogen and oxygen atoms in total. The van der Waals surface area contributed by atoms with Gasteiger partial charge in [-0.1, -0.05) is 73.9 Å². The molecule has 0 fully saturated rings. The van der Waals surface area contributed by atoms with Crippen LogP contribution >= 0.6 is 0 Å². The van der Waals surface area contributed by atoms with Crippen molar-refractivity contribution in [1.82, 2.24) is 0 Å². The van der Waals surface area contributed by atoms with Crippen LogP contribution in [0.3, 0.4) is 0 Å². The Balaban J connectivity index is 1.45. The number of benzene rings is 5. The second-order valence-electron chi connectivity index (χ2n) is 13.4. The van der Waals surface area contributed by atoms with Crippen LogP contribution in [0.15, 0.2) is 73.8 Å². The van der Waals surface area contributed by atoms with Crippen molar-refractivity contribution in [3.63, 3.8) is 0 Å². The molecule has 0 saturated heterocycles.